The lowest BCUT2D eigenvalue weighted by Crippen LogP contribution is -2.30. The molecule has 2 atom stereocenters. The number of halogens is 1. The second-order valence-corrected chi connectivity index (χ2v) is 5.05. The SMILES string of the molecule is NC1C=CC(C(=O)NCc2ccccc2Br)C1. The van der Waals surface area contributed by atoms with Crippen molar-refractivity contribution in [3.05, 3.63) is 46.5 Å². The maximum Gasteiger partial charge on any atom is 0.227 e. The molecular weight excluding hydrogens is 280 g/mol. The van der Waals surface area contributed by atoms with Crippen molar-refractivity contribution in [3.63, 3.8) is 0 Å². The summed E-state index contributed by atoms with van der Waals surface area (Å²) in [7, 11) is 0. The fourth-order valence-corrected chi connectivity index (χ4v) is 2.30. The van der Waals surface area contributed by atoms with Crippen LogP contribution in [0.4, 0.5) is 0 Å². The summed E-state index contributed by atoms with van der Waals surface area (Å²) in [6.07, 6.45) is 4.49. The Kier molecular flexibility index (Phi) is 3.97. The summed E-state index contributed by atoms with van der Waals surface area (Å²) in [5.74, 6) is -0.0301. The van der Waals surface area contributed by atoms with E-state index in [9.17, 15) is 4.79 Å². The smallest absolute Gasteiger partial charge is 0.227 e. The minimum Gasteiger partial charge on any atom is -0.351 e. The molecule has 0 bridgehead atoms. The molecule has 17 heavy (non-hydrogen) atoms. The third-order valence-corrected chi connectivity index (χ3v) is 3.64. The Morgan fingerprint density at radius 3 is 2.82 bits per heavy atom. The van der Waals surface area contributed by atoms with Crippen molar-refractivity contribution >= 4 is 21.8 Å². The van der Waals surface area contributed by atoms with Crippen LogP contribution in [0.5, 0.6) is 0 Å². The fraction of sp³-hybridized carbons (Fsp3) is 0.308. The summed E-state index contributed by atoms with van der Waals surface area (Å²) >= 11 is 3.45. The number of nitrogens with two attached hydrogens (primary N) is 1. The van der Waals surface area contributed by atoms with Gasteiger partial charge in [-0.15, -0.1) is 0 Å². The van der Waals surface area contributed by atoms with Crippen LogP contribution in [0.15, 0.2) is 40.9 Å². The third-order valence-electron chi connectivity index (χ3n) is 2.86. The lowest BCUT2D eigenvalue weighted by molar-refractivity contribution is -0.123. The first kappa shape index (κ1) is 12.3. The highest BCUT2D eigenvalue weighted by Crippen LogP contribution is 2.18. The van der Waals surface area contributed by atoms with Crippen molar-refractivity contribution < 1.29 is 4.79 Å². The Balaban J connectivity index is 1.89. The molecule has 3 N–H and O–H groups in total. The normalized spacial score (nSPS) is 22.7. The molecule has 1 aromatic carbocycles. The average Bonchev–Trinajstić information content (AvgIpc) is 2.74. The van der Waals surface area contributed by atoms with E-state index in [0.29, 0.717) is 13.0 Å². The molecule has 2 rings (SSSR count). The number of amides is 1. The zero-order valence-corrected chi connectivity index (χ0v) is 11.0. The number of benzene rings is 1. The van der Waals surface area contributed by atoms with Gasteiger partial charge in [-0.25, -0.2) is 0 Å². The molecule has 1 aromatic rings. The van der Waals surface area contributed by atoms with Gasteiger partial charge in [0.15, 0.2) is 0 Å². The predicted octanol–water partition coefficient (Wildman–Crippen LogP) is 1.97. The van der Waals surface area contributed by atoms with Crippen molar-refractivity contribution in [1.29, 1.82) is 0 Å². The first-order valence-electron chi connectivity index (χ1n) is 5.62. The van der Waals surface area contributed by atoms with E-state index in [0.717, 1.165) is 10.0 Å². The molecule has 0 spiro atoms. The highest BCUT2D eigenvalue weighted by Gasteiger charge is 2.22. The van der Waals surface area contributed by atoms with Crippen LogP contribution in [0.25, 0.3) is 0 Å². The van der Waals surface area contributed by atoms with Gasteiger partial charge in [0.25, 0.3) is 0 Å². The molecule has 1 aliphatic carbocycles. The van der Waals surface area contributed by atoms with Gasteiger partial charge in [-0.05, 0) is 18.1 Å². The van der Waals surface area contributed by atoms with Gasteiger partial charge in [-0.1, -0.05) is 46.3 Å². The largest absolute Gasteiger partial charge is 0.351 e. The van der Waals surface area contributed by atoms with E-state index in [1.54, 1.807) is 0 Å². The second kappa shape index (κ2) is 5.47. The van der Waals surface area contributed by atoms with Crippen LogP contribution in [0, 0.1) is 5.92 Å². The van der Waals surface area contributed by atoms with E-state index in [2.05, 4.69) is 21.2 Å². The predicted molar refractivity (Wildman–Crippen MR) is 71.2 cm³/mol. The Morgan fingerprint density at radius 1 is 1.41 bits per heavy atom. The number of hydrogen-bond donors (Lipinski definition) is 2. The number of nitrogens with one attached hydrogen (secondary N) is 1. The van der Waals surface area contributed by atoms with Gasteiger partial charge in [-0.3, -0.25) is 4.79 Å². The molecule has 0 aromatic heterocycles. The van der Waals surface area contributed by atoms with Gasteiger partial charge in [0.2, 0.25) is 5.91 Å². The summed E-state index contributed by atoms with van der Waals surface area (Å²) in [5, 5.41) is 2.93. The van der Waals surface area contributed by atoms with E-state index < -0.39 is 0 Å². The number of carbonyl (C=O) groups excluding carboxylic acids is 1. The summed E-state index contributed by atoms with van der Waals surface area (Å²) in [4.78, 5) is 11.8. The minimum atomic E-state index is -0.0764. The Bertz CT molecular complexity index is 445. The maximum absolute atomic E-state index is 11.8. The zero-order valence-electron chi connectivity index (χ0n) is 9.40. The van der Waals surface area contributed by atoms with Crippen molar-refractivity contribution in [2.45, 2.75) is 19.0 Å². The molecule has 2 unspecified atom stereocenters. The number of carbonyl (C=O) groups is 1. The lowest BCUT2D eigenvalue weighted by atomic mass is 10.1. The lowest BCUT2D eigenvalue weighted by Gasteiger charge is -2.11. The molecule has 0 aliphatic heterocycles. The zero-order chi connectivity index (χ0) is 12.3. The molecule has 0 fully saturated rings. The first-order chi connectivity index (χ1) is 8.16. The Hall–Kier alpha value is -1.13. The summed E-state index contributed by atoms with van der Waals surface area (Å²) in [6, 6.07) is 7.88. The van der Waals surface area contributed by atoms with Gasteiger partial charge in [0, 0.05) is 17.1 Å². The molecule has 0 saturated carbocycles. The highest BCUT2D eigenvalue weighted by atomic mass is 79.9. The van der Waals surface area contributed by atoms with E-state index in [4.69, 9.17) is 5.73 Å². The first-order valence-corrected chi connectivity index (χ1v) is 6.41. The van der Waals surface area contributed by atoms with Gasteiger partial charge in [0.05, 0.1) is 5.92 Å². The highest BCUT2D eigenvalue weighted by molar-refractivity contribution is 9.10. The van der Waals surface area contributed by atoms with Gasteiger partial charge in [-0.2, -0.15) is 0 Å². The molecule has 90 valence electrons. The quantitative estimate of drug-likeness (QED) is 0.838. The standard InChI is InChI=1S/C13H15BrN2O/c14-12-4-2-1-3-10(12)8-16-13(17)9-5-6-11(15)7-9/h1-6,9,11H,7-8,15H2,(H,16,17). The van der Waals surface area contributed by atoms with Crippen LogP contribution in [0.1, 0.15) is 12.0 Å². The fourth-order valence-electron chi connectivity index (χ4n) is 1.88. The molecule has 1 amide bonds. The molecule has 4 heteroatoms. The van der Waals surface area contributed by atoms with Crippen molar-refractivity contribution in [2.75, 3.05) is 0 Å². The van der Waals surface area contributed by atoms with E-state index in [1.165, 1.54) is 0 Å². The van der Waals surface area contributed by atoms with E-state index >= 15 is 0 Å². The van der Waals surface area contributed by atoms with Gasteiger partial charge in [0.1, 0.15) is 0 Å². The maximum atomic E-state index is 11.8. The topological polar surface area (TPSA) is 55.1 Å². The van der Waals surface area contributed by atoms with Crippen LogP contribution in [0.2, 0.25) is 0 Å². The average molecular weight is 295 g/mol. The van der Waals surface area contributed by atoms with E-state index in [1.807, 2.05) is 36.4 Å². The van der Waals surface area contributed by atoms with Crippen LogP contribution in [-0.2, 0) is 11.3 Å². The summed E-state index contributed by atoms with van der Waals surface area (Å²) in [6.45, 7) is 0.542. The van der Waals surface area contributed by atoms with Crippen LogP contribution in [-0.4, -0.2) is 11.9 Å². The second-order valence-electron chi connectivity index (χ2n) is 4.20. The Labute approximate surface area is 109 Å². The van der Waals surface area contributed by atoms with Crippen LogP contribution in [0.3, 0.4) is 0 Å². The number of hydrogen-bond acceptors (Lipinski definition) is 2. The van der Waals surface area contributed by atoms with Gasteiger partial charge < -0.3 is 11.1 Å². The minimum absolute atomic E-state index is 0.0224. The molecule has 0 heterocycles. The molecule has 0 saturated heterocycles. The summed E-state index contributed by atoms with van der Waals surface area (Å²) in [5.41, 5.74) is 6.80. The Morgan fingerprint density at radius 2 is 2.18 bits per heavy atom. The summed E-state index contributed by atoms with van der Waals surface area (Å²) < 4.78 is 1.01. The molecule has 3 nitrogen and oxygen atoms in total. The molecule has 1 aliphatic rings. The number of rotatable bonds is 3. The van der Waals surface area contributed by atoms with Crippen molar-refractivity contribution in [2.24, 2.45) is 11.7 Å². The van der Waals surface area contributed by atoms with Crippen molar-refractivity contribution in [3.8, 4) is 0 Å². The molecular formula is C13H15BrN2O. The molecule has 0 radical (unpaired) electrons. The van der Waals surface area contributed by atoms with Gasteiger partial charge >= 0.3 is 0 Å². The third kappa shape index (κ3) is 3.17. The van der Waals surface area contributed by atoms with Crippen LogP contribution < -0.4 is 11.1 Å². The monoisotopic (exact) mass is 294 g/mol. The van der Waals surface area contributed by atoms with E-state index in [-0.39, 0.29) is 17.9 Å². The van der Waals surface area contributed by atoms with Crippen molar-refractivity contribution in [1.82, 2.24) is 5.32 Å². The van der Waals surface area contributed by atoms with Crippen LogP contribution >= 0.6 is 15.9 Å².